The van der Waals surface area contributed by atoms with Crippen molar-refractivity contribution in [2.75, 3.05) is 0 Å². The molecular weight excluding hydrogens is 282 g/mol. The van der Waals surface area contributed by atoms with Gasteiger partial charge in [0.15, 0.2) is 0 Å². The minimum absolute atomic E-state index is 0.0180. The van der Waals surface area contributed by atoms with E-state index in [1.807, 2.05) is 0 Å². The van der Waals surface area contributed by atoms with Crippen LogP contribution in [0.15, 0.2) is 0 Å². The van der Waals surface area contributed by atoms with Crippen molar-refractivity contribution in [3.05, 3.63) is 0 Å². The number of amides is 1. The van der Waals surface area contributed by atoms with Gasteiger partial charge in [0.1, 0.15) is 12.1 Å². The maximum atomic E-state index is 11.9. The number of carboxylic acid groups (broad SMARTS) is 1. The van der Waals surface area contributed by atoms with E-state index in [0.717, 1.165) is 57.8 Å². The SMILES string of the molecule is C#CCCCC1CC1OC(=O)NC(C(=O)O)C1CCCCC1. The summed E-state index contributed by atoms with van der Waals surface area (Å²) in [5.74, 6) is 2.03. The van der Waals surface area contributed by atoms with Gasteiger partial charge in [-0.15, -0.1) is 12.3 Å². The summed E-state index contributed by atoms with van der Waals surface area (Å²) >= 11 is 0. The molecule has 2 N–H and O–H groups in total. The first kappa shape index (κ1) is 16.7. The number of rotatable bonds is 7. The van der Waals surface area contributed by atoms with E-state index < -0.39 is 18.1 Å². The first-order chi connectivity index (χ1) is 10.6. The monoisotopic (exact) mass is 307 g/mol. The summed E-state index contributed by atoms with van der Waals surface area (Å²) in [6.07, 6.45) is 13.0. The third-order valence-corrected chi connectivity index (χ3v) is 4.67. The van der Waals surface area contributed by atoms with Gasteiger partial charge in [0, 0.05) is 6.42 Å². The molecule has 0 radical (unpaired) electrons. The molecule has 122 valence electrons. The lowest BCUT2D eigenvalue weighted by molar-refractivity contribution is -0.141. The number of terminal acetylenes is 1. The minimum atomic E-state index is -0.967. The fraction of sp³-hybridized carbons (Fsp3) is 0.765. The third-order valence-electron chi connectivity index (χ3n) is 4.67. The highest BCUT2D eigenvalue weighted by Crippen LogP contribution is 2.38. The molecule has 0 aromatic rings. The average Bonchev–Trinajstić information content (AvgIpc) is 3.23. The molecule has 0 aromatic carbocycles. The van der Waals surface area contributed by atoms with Crippen molar-refractivity contribution in [1.82, 2.24) is 5.32 Å². The van der Waals surface area contributed by atoms with Crippen LogP contribution in [0.3, 0.4) is 0 Å². The van der Waals surface area contributed by atoms with Crippen LogP contribution in [-0.4, -0.2) is 29.3 Å². The summed E-state index contributed by atoms with van der Waals surface area (Å²) in [5, 5.41) is 11.9. The molecule has 0 heterocycles. The van der Waals surface area contributed by atoms with Crippen LogP contribution in [0, 0.1) is 24.2 Å². The molecule has 0 bridgehead atoms. The van der Waals surface area contributed by atoms with Crippen LogP contribution in [0.5, 0.6) is 0 Å². The lowest BCUT2D eigenvalue weighted by Crippen LogP contribution is -2.47. The van der Waals surface area contributed by atoms with Crippen LogP contribution in [0.4, 0.5) is 4.79 Å². The second-order valence-corrected chi connectivity index (χ2v) is 6.39. The molecule has 0 aromatic heterocycles. The number of aliphatic carboxylic acids is 1. The minimum Gasteiger partial charge on any atom is -0.480 e. The lowest BCUT2D eigenvalue weighted by Gasteiger charge is -2.27. The second kappa shape index (κ2) is 8.07. The Hall–Kier alpha value is -1.70. The maximum absolute atomic E-state index is 11.9. The third kappa shape index (κ3) is 4.94. The molecule has 0 saturated heterocycles. The summed E-state index contributed by atoms with van der Waals surface area (Å²) in [6.45, 7) is 0. The fourth-order valence-electron chi connectivity index (χ4n) is 3.28. The Balaban J connectivity index is 1.73. The zero-order valence-corrected chi connectivity index (χ0v) is 12.9. The number of hydrogen-bond acceptors (Lipinski definition) is 3. The van der Waals surface area contributed by atoms with E-state index in [0.29, 0.717) is 5.92 Å². The number of carbonyl (C=O) groups excluding carboxylic acids is 1. The Labute approximate surface area is 131 Å². The number of alkyl carbamates (subject to hydrolysis) is 1. The number of unbranched alkanes of at least 4 members (excludes halogenated alkanes) is 1. The zero-order valence-electron chi connectivity index (χ0n) is 12.9. The average molecular weight is 307 g/mol. The van der Waals surface area contributed by atoms with Crippen LogP contribution >= 0.6 is 0 Å². The van der Waals surface area contributed by atoms with E-state index >= 15 is 0 Å². The number of ether oxygens (including phenoxy) is 1. The predicted molar refractivity (Wildman–Crippen MR) is 82.2 cm³/mol. The molecule has 0 aliphatic heterocycles. The van der Waals surface area contributed by atoms with Gasteiger partial charge in [-0.25, -0.2) is 9.59 Å². The first-order valence-corrected chi connectivity index (χ1v) is 8.25. The van der Waals surface area contributed by atoms with Gasteiger partial charge in [-0.3, -0.25) is 0 Å². The summed E-state index contributed by atoms with van der Waals surface area (Å²) in [5.41, 5.74) is 0. The summed E-state index contributed by atoms with van der Waals surface area (Å²) in [7, 11) is 0. The van der Waals surface area contributed by atoms with E-state index in [4.69, 9.17) is 11.2 Å². The van der Waals surface area contributed by atoms with Gasteiger partial charge >= 0.3 is 12.1 Å². The topological polar surface area (TPSA) is 75.6 Å². The molecule has 1 amide bonds. The molecule has 22 heavy (non-hydrogen) atoms. The van der Waals surface area contributed by atoms with E-state index in [-0.39, 0.29) is 12.0 Å². The normalized spacial score (nSPS) is 25.8. The molecule has 2 rings (SSSR count). The van der Waals surface area contributed by atoms with Crippen molar-refractivity contribution in [1.29, 1.82) is 0 Å². The molecule has 2 aliphatic carbocycles. The van der Waals surface area contributed by atoms with Gasteiger partial charge < -0.3 is 15.2 Å². The molecule has 3 atom stereocenters. The van der Waals surface area contributed by atoms with Gasteiger partial charge in [-0.1, -0.05) is 19.3 Å². The Kier molecular flexibility index (Phi) is 6.11. The van der Waals surface area contributed by atoms with Crippen molar-refractivity contribution in [2.24, 2.45) is 11.8 Å². The van der Waals surface area contributed by atoms with Crippen LogP contribution in [0.2, 0.25) is 0 Å². The van der Waals surface area contributed by atoms with E-state index in [2.05, 4.69) is 11.2 Å². The van der Waals surface area contributed by atoms with Gasteiger partial charge in [0.05, 0.1) is 0 Å². The molecule has 5 nitrogen and oxygen atoms in total. The summed E-state index contributed by atoms with van der Waals surface area (Å²) in [6, 6.07) is -0.827. The second-order valence-electron chi connectivity index (χ2n) is 6.39. The number of nitrogens with one attached hydrogen (secondary N) is 1. The highest BCUT2D eigenvalue weighted by atomic mass is 16.6. The Morgan fingerprint density at radius 2 is 2.05 bits per heavy atom. The first-order valence-electron chi connectivity index (χ1n) is 8.25. The van der Waals surface area contributed by atoms with Crippen molar-refractivity contribution >= 4 is 12.1 Å². The Bertz CT molecular complexity index is 436. The van der Waals surface area contributed by atoms with Crippen LogP contribution in [0.25, 0.3) is 0 Å². The molecule has 2 saturated carbocycles. The predicted octanol–water partition coefficient (Wildman–Crippen LogP) is 2.94. The zero-order chi connectivity index (χ0) is 15.9. The standard InChI is InChI=1S/C17H25NO4/c1-2-3-5-10-13-11-14(13)22-17(21)18-15(16(19)20)12-8-6-4-7-9-12/h1,12-15H,3-11H2,(H,18,21)(H,19,20). The lowest BCUT2D eigenvalue weighted by atomic mass is 9.84. The molecule has 5 heteroatoms. The van der Waals surface area contributed by atoms with Crippen molar-refractivity contribution in [3.8, 4) is 12.3 Å². The highest BCUT2D eigenvalue weighted by molar-refractivity contribution is 5.80. The van der Waals surface area contributed by atoms with Gasteiger partial charge in [0.25, 0.3) is 0 Å². The summed E-state index contributed by atoms with van der Waals surface area (Å²) < 4.78 is 5.31. The van der Waals surface area contributed by atoms with Crippen LogP contribution < -0.4 is 5.32 Å². The van der Waals surface area contributed by atoms with Crippen molar-refractivity contribution in [3.63, 3.8) is 0 Å². The van der Waals surface area contributed by atoms with Crippen LogP contribution in [-0.2, 0) is 9.53 Å². The van der Waals surface area contributed by atoms with E-state index in [1.54, 1.807) is 0 Å². The number of hydrogen-bond donors (Lipinski definition) is 2. The molecule has 2 fully saturated rings. The van der Waals surface area contributed by atoms with E-state index in [9.17, 15) is 14.7 Å². The largest absolute Gasteiger partial charge is 0.480 e. The Morgan fingerprint density at radius 1 is 1.32 bits per heavy atom. The molecule has 0 spiro atoms. The van der Waals surface area contributed by atoms with Gasteiger partial charge in [-0.05, 0) is 43.9 Å². The smallest absolute Gasteiger partial charge is 0.408 e. The number of carboxylic acids is 1. The fourth-order valence-corrected chi connectivity index (χ4v) is 3.28. The molecule has 2 aliphatic rings. The van der Waals surface area contributed by atoms with Crippen molar-refractivity contribution < 1.29 is 19.4 Å². The van der Waals surface area contributed by atoms with Crippen LogP contribution in [0.1, 0.15) is 57.8 Å². The maximum Gasteiger partial charge on any atom is 0.408 e. The highest BCUT2D eigenvalue weighted by Gasteiger charge is 2.41. The van der Waals surface area contributed by atoms with E-state index in [1.165, 1.54) is 0 Å². The van der Waals surface area contributed by atoms with Gasteiger partial charge in [0.2, 0.25) is 0 Å². The quantitative estimate of drug-likeness (QED) is 0.560. The Morgan fingerprint density at radius 3 is 2.68 bits per heavy atom. The summed E-state index contributed by atoms with van der Waals surface area (Å²) in [4.78, 5) is 23.3. The molecular formula is C17H25NO4. The number of carbonyl (C=O) groups is 2. The molecule has 3 unspecified atom stereocenters. The van der Waals surface area contributed by atoms with Crippen molar-refractivity contribution in [2.45, 2.75) is 69.9 Å². The van der Waals surface area contributed by atoms with Gasteiger partial charge in [-0.2, -0.15) is 0 Å².